The molecular formula is C42H25. The van der Waals surface area contributed by atoms with E-state index < -0.39 is 0 Å². The SMILES string of the molecule is [c]1c(-c2ccc3c4ccccc4c4ccccc4c3c2)cccc1-c1ccc2c3ccccc3c3ccccc3c2c1. The Bertz CT molecular complexity index is 2270. The van der Waals surface area contributed by atoms with Crippen molar-refractivity contribution >= 4 is 64.6 Å². The van der Waals surface area contributed by atoms with Gasteiger partial charge in [-0.05, 0) is 105 Å². The van der Waals surface area contributed by atoms with Gasteiger partial charge in [0, 0.05) is 0 Å². The van der Waals surface area contributed by atoms with Crippen LogP contribution in [-0.2, 0) is 0 Å². The predicted octanol–water partition coefficient (Wildman–Crippen LogP) is 11.7. The highest BCUT2D eigenvalue weighted by Crippen LogP contribution is 2.39. The van der Waals surface area contributed by atoms with Crippen molar-refractivity contribution in [2.75, 3.05) is 0 Å². The average molecular weight is 530 g/mol. The molecular weight excluding hydrogens is 504 g/mol. The zero-order valence-corrected chi connectivity index (χ0v) is 22.9. The van der Waals surface area contributed by atoms with E-state index in [-0.39, 0.29) is 0 Å². The molecule has 193 valence electrons. The molecule has 0 atom stereocenters. The van der Waals surface area contributed by atoms with Gasteiger partial charge in [0.2, 0.25) is 0 Å². The van der Waals surface area contributed by atoms with E-state index in [0.717, 1.165) is 11.1 Å². The first kappa shape index (κ1) is 23.3. The molecule has 9 rings (SSSR count). The molecule has 0 saturated heterocycles. The van der Waals surface area contributed by atoms with Crippen LogP contribution in [-0.4, -0.2) is 0 Å². The third kappa shape index (κ3) is 3.42. The smallest absolute Gasteiger partial charge is 0.00143 e. The molecule has 9 aromatic rings. The Balaban J connectivity index is 1.23. The van der Waals surface area contributed by atoms with E-state index in [1.807, 2.05) is 0 Å². The molecule has 0 heteroatoms. The first-order chi connectivity index (χ1) is 20.8. The highest BCUT2D eigenvalue weighted by atomic mass is 14.2. The second-order valence-electron chi connectivity index (χ2n) is 11.2. The number of hydrogen-bond acceptors (Lipinski definition) is 0. The maximum Gasteiger partial charge on any atom is -0.00143 e. The number of benzene rings is 9. The lowest BCUT2D eigenvalue weighted by Gasteiger charge is -2.13. The molecule has 42 heavy (non-hydrogen) atoms. The molecule has 0 bridgehead atoms. The Hall–Kier alpha value is -5.46. The normalized spacial score (nSPS) is 11.8. The molecule has 0 nitrogen and oxygen atoms in total. The topological polar surface area (TPSA) is 0 Å². The fourth-order valence-electron chi connectivity index (χ4n) is 6.96. The van der Waals surface area contributed by atoms with Crippen molar-refractivity contribution in [2.45, 2.75) is 0 Å². The van der Waals surface area contributed by atoms with Gasteiger partial charge in [0.05, 0.1) is 0 Å². The molecule has 0 saturated carbocycles. The van der Waals surface area contributed by atoms with Crippen LogP contribution in [0.4, 0.5) is 0 Å². The van der Waals surface area contributed by atoms with Crippen LogP contribution in [0.3, 0.4) is 0 Å². The van der Waals surface area contributed by atoms with Gasteiger partial charge in [-0.15, -0.1) is 0 Å². The molecule has 0 fully saturated rings. The molecule has 0 aliphatic heterocycles. The van der Waals surface area contributed by atoms with Crippen LogP contribution in [0.1, 0.15) is 0 Å². The van der Waals surface area contributed by atoms with Crippen LogP contribution in [0, 0.1) is 6.07 Å². The summed E-state index contributed by atoms with van der Waals surface area (Å²) in [6.45, 7) is 0. The zero-order chi connectivity index (χ0) is 27.6. The van der Waals surface area contributed by atoms with Gasteiger partial charge in [-0.2, -0.15) is 0 Å². The summed E-state index contributed by atoms with van der Waals surface area (Å²) in [4.78, 5) is 0. The van der Waals surface area contributed by atoms with E-state index in [2.05, 4.69) is 158 Å². The van der Waals surface area contributed by atoms with Gasteiger partial charge < -0.3 is 0 Å². The van der Waals surface area contributed by atoms with Gasteiger partial charge in [-0.1, -0.05) is 140 Å². The number of hydrogen-bond donors (Lipinski definition) is 0. The molecule has 0 unspecified atom stereocenters. The summed E-state index contributed by atoms with van der Waals surface area (Å²) >= 11 is 0. The highest BCUT2D eigenvalue weighted by Gasteiger charge is 2.12. The molecule has 1 radical (unpaired) electrons. The largest absolute Gasteiger partial charge is 0.0616 e. The Morgan fingerprint density at radius 3 is 0.857 bits per heavy atom. The fraction of sp³-hybridized carbons (Fsp3) is 0. The van der Waals surface area contributed by atoms with Gasteiger partial charge in [0.1, 0.15) is 0 Å². The molecule has 0 aliphatic rings. The van der Waals surface area contributed by atoms with Crippen molar-refractivity contribution in [3.8, 4) is 22.3 Å². The van der Waals surface area contributed by atoms with Crippen LogP contribution in [0.15, 0.2) is 152 Å². The van der Waals surface area contributed by atoms with E-state index in [4.69, 9.17) is 0 Å². The summed E-state index contributed by atoms with van der Waals surface area (Å²) < 4.78 is 0. The lowest BCUT2D eigenvalue weighted by molar-refractivity contribution is 1.61. The fourth-order valence-corrected chi connectivity index (χ4v) is 6.96. The summed E-state index contributed by atoms with van der Waals surface area (Å²) in [5, 5.41) is 15.5. The summed E-state index contributed by atoms with van der Waals surface area (Å²) in [6.07, 6.45) is 0. The Labute approximate surface area is 244 Å². The second kappa shape index (κ2) is 9.03. The number of rotatable bonds is 2. The van der Waals surface area contributed by atoms with Crippen LogP contribution >= 0.6 is 0 Å². The van der Waals surface area contributed by atoms with Crippen LogP contribution in [0.5, 0.6) is 0 Å². The standard InChI is InChI=1S/C42H25/c1-3-16-35-31(12-1)33-14-5-7-18-37(33)41-25-29(20-22-39(35)41)27-10-9-11-28(24-27)30-21-23-40-36-17-4-2-13-32(36)34-15-6-8-19-38(34)42(40)26-30/h1-23,25-26H. The minimum Gasteiger partial charge on any atom is -0.0616 e. The van der Waals surface area contributed by atoms with E-state index in [1.54, 1.807) is 0 Å². The Morgan fingerprint density at radius 2 is 0.524 bits per heavy atom. The maximum absolute atomic E-state index is 3.78. The van der Waals surface area contributed by atoms with Crippen molar-refractivity contribution in [3.05, 3.63) is 158 Å². The number of fused-ring (bicyclic) bond motifs is 12. The molecule has 0 spiro atoms. The van der Waals surface area contributed by atoms with Crippen molar-refractivity contribution < 1.29 is 0 Å². The van der Waals surface area contributed by atoms with Gasteiger partial charge in [-0.25, -0.2) is 0 Å². The second-order valence-corrected chi connectivity index (χ2v) is 11.2. The van der Waals surface area contributed by atoms with Crippen molar-refractivity contribution in [3.63, 3.8) is 0 Å². The minimum absolute atomic E-state index is 1.11. The molecule has 0 heterocycles. The summed E-state index contributed by atoms with van der Waals surface area (Å²) in [5.74, 6) is 0. The molecule has 0 N–H and O–H groups in total. The molecule has 9 aromatic carbocycles. The van der Waals surface area contributed by atoms with Gasteiger partial charge >= 0.3 is 0 Å². The first-order valence-electron chi connectivity index (χ1n) is 14.5. The van der Waals surface area contributed by atoms with E-state index in [0.29, 0.717) is 0 Å². The van der Waals surface area contributed by atoms with E-state index in [1.165, 1.54) is 75.8 Å². The first-order valence-corrected chi connectivity index (χ1v) is 14.5. The predicted molar refractivity (Wildman–Crippen MR) is 181 cm³/mol. The van der Waals surface area contributed by atoms with E-state index >= 15 is 0 Å². The van der Waals surface area contributed by atoms with Gasteiger partial charge in [-0.3, -0.25) is 0 Å². The average Bonchev–Trinajstić information content (AvgIpc) is 3.08. The quantitative estimate of drug-likeness (QED) is 0.195. The van der Waals surface area contributed by atoms with Crippen molar-refractivity contribution in [1.29, 1.82) is 0 Å². The Kier molecular flexibility index (Phi) is 5.00. The zero-order valence-electron chi connectivity index (χ0n) is 22.9. The molecule has 0 aliphatic carbocycles. The lowest BCUT2D eigenvalue weighted by Crippen LogP contribution is -1.87. The summed E-state index contributed by atoms with van der Waals surface area (Å²) in [5.41, 5.74) is 4.58. The van der Waals surface area contributed by atoms with Gasteiger partial charge in [0.15, 0.2) is 0 Å². The van der Waals surface area contributed by atoms with E-state index in [9.17, 15) is 0 Å². The molecule has 0 aromatic heterocycles. The highest BCUT2D eigenvalue weighted by molar-refractivity contribution is 6.27. The summed E-state index contributed by atoms with van der Waals surface area (Å²) in [7, 11) is 0. The van der Waals surface area contributed by atoms with Crippen LogP contribution < -0.4 is 0 Å². The summed E-state index contributed by atoms with van der Waals surface area (Å²) in [6, 6.07) is 59.1. The third-order valence-electron chi connectivity index (χ3n) is 8.91. The van der Waals surface area contributed by atoms with Crippen LogP contribution in [0.2, 0.25) is 0 Å². The van der Waals surface area contributed by atoms with Crippen molar-refractivity contribution in [1.82, 2.24) is 0 Å². The minimum atomic E-state index is 1.11. The monoisotopic (exact) mass is 529 g/mol. The Morgan fingerprint density at radius 1 is 0.238 bits per heavy atom. The van der Waals surface area contributed by atoms with Crippen molar-refractivity contribution in [2.24, 2.45) is 0 Å². The molecule has 0 amide bonds. The van der Waals surface area contributed by atoms with Gasteiger partial charge in [0.25, 0.3) is 0 Å². The van der Waals surface area contributed by atoms with Crippen LogP contribution in [0.25, 0.3) is 86.9 Å². The maximum atomic E-state index is 3.78. The lowest BCUT2D eigenvalue weighted by atomic mass is 9.90. The third-order valence-corrected chi connectivity index (χ3v) is 8.91.